The lowest BCUT2D eigenvalue weighted by Gasteiger charge is -2.29. The summed E-state index contributed by atoms with van der Waals surface area (Å²) in [6.45, 7) is 2.51. The number of halogens is 2. The average Bonchev–Trinajstić information content (AvgIpc) is 3.08. The normalized spacial score (nSPS) is 15.7. The van der Waals surface area contributed by atoms with Crippen LogP contribution in [0.3, 0.4) is 0 Å². The summed E-state index contributed by atoms with van der Waals surface area (Å²) in [6, 6.07) is 16.3. The second kappa shape index (κ2) is 7.19. The van der Waals surface area contributed by atoms with E-state index in [1.54, 1.807) is 17.0 Å². The molecular weight excluding hydrogens is 409 g/mol. The first-order valence-electron chi connectivity index (χ1n) is 8.86. The molecule has 4 nitrogen and oxygen atoms in total. The molecule has 27 heavy (non-hydrogen) atoms. The van der Waals surface area contributed by atoms with Gasteiger partial charge < -0.3 is 14.8 Å². The molecule has 0 aliphatic carbocycles. The molecule has 0 fully saturated rings. The maximum atomic E-state index is 14.2. The lowest BCUT2D eigenvalue weighted by molar-refractivity contribution is 0.181. The summed E-state index contributed by atoms with van der Waals surface area (Å²) in [5, 5.41) is 2.73. The number of carbonyl (C=O) groups excluding carboxylic acids is 1. The molecule has 0 saturated carbocycles. The highest BCUT2D eigenvalue weighted by molar-refractivity contribution is 9.10. The Morgan fingerprint density at radius 3 is 2.81 bits per heavy atom. The standard InChI is InChI=1S/C21H19BrFN3O/c1-2-18-20-8-5-11-25(20)19-7-4-3-6-14(19)13-26(18)21(27)24-17-10-9-15(22)12-16(17)23/h3-12,18H,2,13H2,1H3,(H,24,27)/t18-/m0/s1. The van der Waals surface area contributed by atoms with Crippen LogP contribution in [-0.2, 0) is 6.54 Å². The van der Waals surface area contributed by atoms with Gasteiger partial charge in [-0.3, -0.25) is 0 Å². The molecule has 0 radical (unpaired) electrons. The maximum absolute atomic E-state index is 14.2. The fourth-order valence-corrected chi connectivity index (χ4v) is 3.97. The molecule has 0 saturated heterocycles. The van der Waals surface area contributed by atoms with E-state index in [0.29, 0.717) is 11.0 Å². The molecule has 2 amide bonds. The maximum Gasteiger partial charge on any atom is 0.322 e. The third kappa shape index (κ3) is 3.25. The van der Waals surface area contributed by atoms with E-state index < -0.39 is 5.82 Å². The summed E-state index contributed by atoms with van der Waals surface area (Å²) in [4.78, 5) is 14.9. The van der Waals surface area contributed by atoms with Gasteiger partial charge in [0.1, 0.15) is 5.82 Å². The van der Waals surface area contributed by atoms with E-state index >= 15 is 0 Å². The van der Waals surface area contributed by atoms with Gasteiger partial charge in [0.15, 0.2) is 0 Å². The Labute approximate surface area is 165 Å². The summed E-state index contributed by atoms with van der Waals surface area (Å²) in [5.41, 5.74) is 3.35. The SMILES string of the molecule is CC[C@H]1c2cccn2-c2ccccc2CN1C(=O)Nc1ccc(Br)cc1F. The molecule has 2 heterocycles. The number of benzene rings is 2. The van der Waals surface area contributed by atoms with Crippen molar-refractivity contribution >= 4 is 27.6 Å². The number of carbonyl (C=O) groups is 1. The van der Waals surface area contributed by atoms with Crippen LogP contribution in [0.5, 0.6) is 0 Å². The van der Waals surface area contributed by atoms with Gasteiger partial charge >= 0.3 is 6.03 Å². The summed E-state index contributed by atoms with van der Waals surface area (Å²) in [7, 11) is 0. The Balaban J connectivity index is 1.72. The number of para-hydroxylation sites is 1. The third-order valence-electron chi connectivity index (χ3n) is 4.91. The number of aromatic nitrogens is 1. The van der Waals surface area contributed by atoms with Gasteiger partial charge in [-0.1, -0.05) is 41.1 Å². The van der Waals surface area contributed by atoms with Crippen molar-refractivity contribution in [2.24, 2.45) is 0 Å². The van der Waals surface area contributed by atoms with Crippen LogP contribution >= 0.6 is 15.9 Å². The van der Waals surface area contributed by atoms with Crippen LogP contribution < -0.4 is 5.32 Å². The topological polar surface area (TPSA) is 37.3 Å². The van der Waals surface area contributed by atoms with Gasteiger partial charge in [-0.05, 0) is 48.4 Å². The highest BCUT2D eigenvalue weighted by Crippen LogP contribution is 2.34. The number of nitrogens with zero attached hydrogens (tertiary/aromatic N) is 2. The minimum atomic E-state index is -0.468. The Kier molecular flexibility index (Phi) is 4.74. The molecule has 4 rings (SSSR count). The van der Waals surface area contributed by atoms with Crippen molar-refractivity contribution in [2.45, 2.75) is 25.9 Å². The summed E-state index contributed by atoms with van der Waals surface area (Å²) < 4.78 is 17.0. The van der Waals surface area contributed by atoms with Gasteiger partial charge in [-0.25, -0.2) is 9.18 Å². The van der Waals surface area contributed by atoms with Crippen LogP contribution in [0.1, 0.15) is 30.6 Å². The molecule has 1 aliphatic heterocycles. The molecule has 138 valence electrons. The molecule has 6 heteroatoms. The van der Waals surface area contributed by atoms with E-state index in [4.69, 9.17) is 0 Å². The van der Waals surface area contributed by atoms with Gasteiger partial charge in [0.2, 0.25) is 0 Å². The van der Waals surface area contributed by atoms with E-state index in [-0.39, 0.29) is 17.8 Å². The Morgan fingerprint density at radius 1 is 1.22 bits per heavy atom. The summed E-state index contributed by atoms with van der Waals surface area (Å²) >= 11 is 3.24. The molecule has 0 unspecified atom stereocenters. The van der Waals surface area contributed by atoms with E-state index in [1.165, 1.54) is 6.07 Å². The van der Waals surface area contributed by atoms with Crippen LogP contribution in [0.2, 0.25) is 0 Å². The number of hydrogen-bond acceptors (Lipinski definition) is 1. The zero-order valence-corrected chi connectivity index (χ0v) is 16.4. The monoisotopic (exact) mass is 427 g/mol. The van der Waals surface area contributed by atoms with Gasteiger partial charge in [0.25, 0.3) is 0 Å². The molecule has 1 atom stereocenters. The zero-order valence-electron chi connectivity index (χ0n) is 14.8. The van der Waals surface area contributed by atoms with Crippen LogP contribution in [0.15, 0.2) is 65.3 Å². The molecule has 3 aromatic rings. The number of anilines is 1. The predicted octanol–water partition coefficient (Wildman–Crippen LogP) is 5.88. The minimum Gasteiger partial charge on any atom is -0.318 e. The number of nitrogens with one attached hydrogen (secondary N) is 1. The molecule has 0 bridgehead atoms. The first kappa shape index (κ1) is 17.8. The second-order valence-electron chi connectivity index (χ2n) is 6.54. The molecule has 2 aromatic carbocycles. The van der Waals surface area contributed by atoms with Crippen LogP contribution in [0, 0.1) is 5.82 Å². The Hall–Kier alpha value is -2.60. The van der Waals surface area contributed by atoms with Crippen molar-refractivity contribution in [1.29, 1.82) is 0 Å². The molecule has 0 spiro atoms. The second-order valence-corrected chi connectivity index (χ2v) is 7.45. The highest BCUT2D eigenvalue weighted by atomic mass is 79.9. The number of amides is 2. The summed E-state index contributed by atoms with van der Waals surface area (Å²) in [5.74, 6) is -0.468. The molecule has 1 N–H and O–H groups in total. The van der Waals surface area contributed by atoms with Crippen molar-refractivity contribution in [3.8, 4) is 5.69 Å². The largest absolute Gasteiger partial charge is 0.322 e. The van der Waals surface area contributed by atoms with E-state index in [0.717, 1.165) is 23.4 Å². The van der Waals surface area contributed by atoms with Gasteiger partial charge in [0, 0.05) is 16.4 Å². The molecule has 1 aliphatic rings. The fraction of sp³-hybridized carbons (Fsp3) is 0.190. The van der Waals surface area contributed by atoms with Crippen LogP contribution in [0.4, 0.5) is 14.9 Å². The van der Waals surface area contributed by atoms with Crippen molar-refractivity contribution in [1.82, 2.24) is 9.47 Å². The average molecular weight is 428 g/mol. The lowest BCUT2D eigenvalue weighted by atomic mass is 10.1. The highest BCUT2D eigenvalue weighted by Gasteiger charge is 2.30. The van der Waals surface area contributed by atoms with E-state index in [9.17, 15) is 9.18 Å². The van der Waals surface area contributed by atoms with Crippen molar-refractivity contribution < 1.29 is 9.18 Å². The van der Waals surface area contributed by atoms with Crippen LogP contribution in [0.25, 0.3) is 5.69 Å². The predicted molar refractivity (Wildman–Crippen MR) is 107 cm³/mol. The van der Waals surface area contributed by atoms with Crippen molar-refractivity contribution in [3.05, 3.63) is 82.3 Å². The molecular formula is C21H19BrFN3O. The number of fused-ring (bicyclic) bond motifs is 3. The first-order valence-corrected chi connectivity index (χ1v) is 9.66. The smallest absolute Gasteiger partial charge is 0.318 e. The number of hydrogen-bond donors (Lipinski definition) is 1. The van der Waals surface area contributed by atoms with Gasteiger partial charge in [0.05, 0.1) is 24.0 Å². The Bertz CT molecular complexity index is 1000. The first-order chi connectivity index (χ1) is 13.1. The summed E-state index contributed by atoms with van der Waals surface area (Å²) in [6.07, 6.45) is 2.78. The quantitative estimate of drug-likeness (QED) is 0.544. The van der Waals surface area contributed by atoms with E-state index in [2.05, 4.69) is 38.8 Å². The van der Waals surface area contributed by atoms with Crippen molar-refractivity contribution in [3.63, 3.8) is 0 Å². The van der Waals surface area contributed by atoms with Gasteiger partial charge in [-0.2, -0.15) is 0 Å². The minimum absolute atomic E-state index is 0.106. The van der Waals surface area contributed by atoms with E-state index in [1.807, 2.05) is 36.5 Å². The Morgan fingerprint density at radius 2 is 2.04 bits per heavy atom. The number of urea groups is 1. The number of rotatable bonds is 2. The zero-order chi connectivity index (χ0) is 19.0. The molecule has 1 aromatic heterocycles. The third-order valence-corrected chi connectivity index (χ3v) is 5.40. The van der Waals surface area contributed by atoms with Crippen molar-refractivity contribution in [2.75, 3.05) is 5.32 Å². The van der Waals surface area contributed by atoms with Crippen LogP contribution in [-0.4, -0.2) is 15.5 Å². The lowest BCUT2D eigenvalue weighted by Crippen LogP contribution is -2.37. The van der Waals surface area contributed by atoms with Gasteiger partial charge in [-0.15, -0.1) is 0 Å². The fourth-order valence-electron chi connectivity index (χ4n) is 3.64.